The molecule has 1 nitrogen and oxygen atoms in total. The maximum absolute atomic E-state index is 10.3. The molecule has 1 heteroatoms. The van der Waals surface area contributed by atoms with Gasteiger partial charge >= 0.3 is 0 Å². The summed E-state index contributed by atoms with van der Waals surface area (Å²) in [7, 11) is 0. The molecule has 4 rings (SSSR count). The van der Waals surface area contributed by atoms with Crippen LogP contribution in [0.4, 0.5) is 0 Å². The fourth-order valence-electron chi connectivity index (χ4n) is 9.50. The second-order valence-electron chi connectivity index (χ2n) is 12.8. The van der Waals surface area contributed by atoms with Crippen LogP contribution in [0, 0.1) is 52.3 Å². The summed E-state index contributed by atoms with van der Waals surface area (Å²) in [6, 6.07) is 0. The molecule has 0 aromatic carbocycles. The molecule has 0 aromatic heterocycles. The molecule has 0 saturated heterocycles. The molecule has 0 spiro atoms. The molecule has 4 saturated carbocycles. The molecule has 4 aliphatic carbocycles. The molecule has 0 heterocycles. The van der Waals surface area contributed by atoms with Gasteiger partial charge in [-0.1, -0.05) is 53.2 Å². The van der Waals surface area contributed by atoms with Crippen molar-refractivity contribution in [3.05, 3.63) is 11.6 Å². The van der Waals surface area contributed by atoms with Gasteiger partial charge in [-0.3, -0.25) is 0 Å². The highest BCUT2D eigenvalue weighted by atomic mass is 16.3. The van der Waals surface area contributed by atoms with Crippen LogP contribution in [0.3, 0.4) is 0 Å². The van der Waals surface area contributed by atoms with Gasteiger partial charge in [-0.25, -0.2) is 0 Å². The van der Waals surface area contributed by atoms with E-state index in [9.17, 15) is 5.11 Å². The smallest absolute Gasteiger partial charge is 0.0543 e. The number of hydrogen-bond donors (Lipinski definition) is 1. The van der Waals surface area contributed by atoms with Gasteiger partial charge in [-0.2, -0.15) is 0 Å². The Bertz CT molecular complexity index is 634. The average Bonchev–Trinajstić information content (AvgIpc) is 3.06. The van der Waals surface area contributed by atoms with Crippen LogP contribution in [-0.4, -0.2) is 11.2 Å². The lowest BCUT2D eigenvalue weighted by Crippen LogP contribution is -2.54. The molecule has 4 fully saturated rings. The topological polar surface area (TPSA) is 20.2 Å². The lowest BCUT2D eigenvalue weighted by molar-refractivity contribution is -0.129. The normalized spacial score (nSPS) is 47.5. The lowest BCUT2D eigenvalue weighted by Gasteiger charge is -2.61. The van der Waals surface area contributed by atoms with Crippen molar-refractivity contribution in [1.29, 1.82) is 0 Å². The highest BCUT2D eigenvalue weighted by molar-refractivity contribution is 5.11. The highest BCUT2D eigenvalue weighted by Crippen LogP contribution is 2.68. The molecule has 4 aliphatic rings. The molecular weight excluding hydrogens is 364 g/mol. The Morgan fingerprint density at radius 3 is 2.33 bits per heavy atom. The molecule has 0 aliphatic heterocycles. The number of fused-ring (bicyclic) bond motifs is 5. The first-order valence-electron chi connectivity index (χ1n) is 13.6. The molecule has 0 aromatic rings. The van der Waals surface area contributed by atoms with Crippen LogP contribution in [0.25, 0.3) is 0 Å². The second-order valence-corrected chi connectivity index (χ2v) is 12.8. The van der Waals surface area contributed by atoms with Crippen LogP contribution in [0.5, 0.6) is 0 Å². The maximum atomic E-state index is 10.3. The van der Waals surface area contributed by atoms with E-state index in [-0.39, 0.29) is 6.10 Å². The number of aliphatic hydroxyl groups is 1. The van der Waals surface area contributed by atoms with Crippen LogP contribution in [0.15, 0.2) is 11.6 Å². The van der Waals surface area contributed by atoms with Gasteiger partial charge in [0.2, 0.25) is 0 Å². The summed E-state index contributed by atoms with van der Waals surface area (Å²) in [5.41, 5.74) is 2.76. The third-order valence-electron chi connectivity index (χ3n) is 11.3. The minimum Gasteiger partial charge on any atom is -0.393 e. The van der Waals surface area contributed by atoms with Gasteiger partial charge < -0.3 is 5.11 Å². The van der Waals surface area contributed by atoms with Crippen molar-refractivity contribution >= 4 is 0 Å². The summed E-state index contributed by atoms with van der Waals surface area (Å²) in [5.74, 6) is 6.11. The zero-order valence-electron chi connectivity index (χ0n) is 20.9. The Hall–Kier alpha value is -0.300. The lowest BCUT2D eigenvalue weighted by atomic mass is 9.44. The molecule has 0 bridgehead atoms. The van der Waals surface area contributed by atoms with E-state index in [0.717, 1.165) is 48.3 Å². The number of hydrogen-bond acceptors (Lipinski definition) is 1. The van der Waals surface area contributed by atoms with Crippen LogP contribution in [0.1, 0.15) is 112 Å². The monoisotopic (exact) mass is 414 g/mol. The Labute approximate surface area is 187 Å². The summed E-state index contributed by atoms with van der Waals surface area (Å²) < 4.78 is 0. The first-order valence-corrected chi connectivity index (χ1v) is 13.6. The summed E-state index contributed by atoms with van der Waals surface area (Å²) >= 11 is 0. The molecule has 172 valence electrons. The standard InChI is InChI=1S/C29H50O/c1-7-21(19(2)3)9-8-20(4)25-12-13-26-24-11-10-22-18-23(30)14-16-28(22,5)27(24)15-17-29(25,26)6/h9,19-20,22-27,30H,7-8,10-18H2,1-6H3. The van der Waals surface area contributed by atoms with Gasteiger partial charge in [0.1, 0.15) is 0 Å². The van der Waals surface area contributed by atoms with Crippen LogP contribution >= 0.6 is 0 Å². The third-order valence-corrected chi connectivity index (χ3v) is 11.3. The van der Waals surface area contributed by atoms with Crippen LogP contribution in [-0.2, 0) is 0 Å². The molecule has 30 heavy (non-hydrogen) atoms. The Balaban J connectivity index is 1.49. The van der Waals surface area contributed by atoms with Gasteiger partial charge in [-0.05, 0) is 123 Å². The quantitative estimate of drug-likeness (QED) is 0.451. The fourth-order valence-corrected chi connectivity index (χ4v) is 9.50. The minimum absolute atomic E-state index is 0.0166. The third kappa shape index (κ3) is 3.74. The molecular formula is C29H50O. The Kier molecular flexibility index (Phi) is 6.53. The van der Waals surface area contributed by atoms with Crippen molar-refractivity contribution in [2.24, 2.45) is 52.3 Å². The van der Waals surface area contributed by atoms with Crippen LogP contribution in [0.2, 0.25) is 0 Å². The van der Waals surface area contributed by atoms with E-state index in [1.165, 1.54) is 57.8 Å². The van der Waals surface area contributed by atoms with E-state index >= 15 is 0 Å². The average molecular weight is 415 g/mol. The Morgan fingerprint density at radius 2 is 1.63 bits per heavy atom. The molecule has 0 radical (unpaired) electrons. The number of allylic oxidation sites excluding steroid dienone is 2. The predicted octanol–water partition coefficient (Wildman–Crippen LogP) is 8.02. The summed E-state index contributed by atoms with van der Waals surface area (Å²) in [5, 5.41) is 10.3. The summed E-state index contributed by atoms with van der Waals surface area (Å²) in [6.07, 6.45) is 17.3. The first-order chi connectivity index (χ1) is 14.2. The van der Waals surface area contributed by atoms with Gasteiger partial charge in [-0.15, -0.1) is 0 Å². The zero-order chi connectivity index (χ0) is 21.7. The van der Waals surface area contributed by atoms with E-state index in [1.54, 1.807) is 5.57 Å². The van der Waals surface area contributed by atoms with Crippen molar-refractivity contribution in [1.82, 2.24) is 0 Å². The van der Waals surface area contributed by atoms with Gasteiger partial charge in [0, 0.05) is 0 Å². The van der Waals surface area contributed by atoms with Gasteiger partial charge in [0.25, 0.3) is 0 Å². The molecule has 9 unspecified atom stereocenters. The van der Waals surface area contributed by atoms with E-state index in [1.807, 2.05) is 0 Å². The highest BCUT2D eigenvalue weighted by Gasteiger charge is 2.60. The van der Waals surface area contributed by atoms with Crippen molar-refractivity contribution in [3.63, 3.8) is 0 Å². The fraction of sp³-hybridized carbons (Fsp3) is 0.931. The van der Waals surface area contributed by atoms with E-state index < -0.39 is 0 Å². The minimum atomic E-state index is -0.0166. The first kappa shape index (κ1) is 22.9. The number of aliphatic hydroxyl groups excluding tert-OH is 1. The van der Waals surface area contributed by atoms with Crippen molar-refractivity contribution in [2.45, 2.75) is 118 Å². The SMILES string of the molecule is CCC(=CCC(C)C1CCC2C3CCC4CC(O)CCC4(C)C3CCC12C)C(C)C. The maximum Gasteiger partial charge on any atom is 0.0543 e. The van der Waals surface area contributed by atoms with E-state index in [0.29, 0.717) is 16.7 Å². The van der Waals surface area contributed by atoms with E-state index in [2.05, 4.69) is 47.6 Å². The summed E-state index contributed by atoms with van der Waals surface area (Å²) in [4.78, 5) is 0. The van der Waals surface area contributed by atoms with E-state index in [4.69, 9.17) is 0 Å². The molecule has 9 atom stereocenters. The number of rotatable bonds is 5. The molecule has 1 N–H and O–H groups in total. The Morgan fingerprint density at radius 1 is 0.933 bits per heavy atom. The molecule has 0 amide bonds. The van der Waals surface area contributed by atoms with Gasteiger partial charge in [0.05, 0.1) is 6.10 Å². The van der Waals surface area contributed by atoms with Crippen LogP contribution < -0.4 is 0 Å². The summed E-state index contributed by atoms with van der Waals surface area (Å²) in [6.45, 7) is 14.9. The zero-order valence-corrected chi connectivity index (χ0v) is 20.9. The van der Waals surface area contributed by atoms with Crippen molar-refractivity contribution in [3.8, 4) is 0 Å². The van der Waals surface area contributed by atoms with Gasteiger partial charge in [0.15, 0.2) is 0 Å². The van der Waals surface area contributed by atoms with Crippen molar-refractivity contribution in [2.75, 3.05) is 0 Å². The largest absolute Gasteiger partial charge is 0.393 e. The predicted molar refractivity (Wildman–Crippen MR) is 128 cm³/mol. The second kappa shape index (κ2) is 8.57. The van der Waals surface area contributed by atoms with Crippen molar-refractivity contribution < 1.29 is 5.11 Å².